The van der Waals surface area contributed by atoms with Crippen LogP contribution in [0.3, 0.4) is 0 Å². The first-order chi connectivity index (χ1) is 6.61. The van der Waals surface area contributed by atoms with Gasteiger partial charge in [0.2, 0.25) is 0 Å². The molecule has 2 aromatic rings. The second-order valence-corrected chi connectivity index (χ2v) is 3.95. The van der Waals surface area contributed by atoms with Crippen LogP contribution in [0, 0.1) is 5.82 Å². The second-order valence-electron chi connectivity index (χ2n) is 3.57. The molecule has 0 aliphatic heterocycles. The highest BCUT2D eigenvalue weighted by molar-refractivity contribution is 6.32. The lowest BCUT2D eigenvalue weighted by Crippen LogP contribution is -1.93. The first kappa shape index (κ1) is 9.46. The topological polar surface area (TPSA) is 28.7 Å². The van der Waals surface area contributed by atoms with E-state index in [-0.39, 0.29) is 10.9 Å². The minimum absolute atomic E-state index is 0.179. The van der Waals surface area contributed by atoms with Crippen LogP contribution < -0.4 is 0 Å². The Balaban J connectivity index is 2.86. The van der Waals surface area contributed by atoms with Crippen molar-refractivity contribution in [2.75, 3.05) is 0 Å². The minimum Gasteiger partial charge on any atom is -0.278 e. The van der Waals surface area contributed by atoms with Crippen LogP contribution in [0.4, 0.5) is 4.39 Å². The molecule has 1 heterocycles. The molecule has 4 heteroatoms. The molecule has 0 fully saturated rings. The fourth-order valence-corrected chi connectivity index (χ4v) is 2.00. The van der Waals surface area contributed by atoms with Gasteiger partial charge in [-0.05, 0) is 11.5 Å². The van der Waals surface area contributed by atoms with Crippen molar-refractivity contribution in [3.05, 3.63) is 28.7 Å². The number of hydrogen-bond donors (Lipinski definition) is 1. The monoisotopic (exact) mass is 212 g/mol. The average Bonchev–Trinajstić information content (AvgIpc) is 2.52. The predicted molar refractivity (Wildman–Crippen MR) is 55.2 cm³/mol. The fraction of sp³-hybridized carbons (Fsp3) is 0.300. The summed E-state index contributed by atoms with van der Waals surface area (Å²) in [6.45, 7) is 3.96. The van der Waals surface area contributed by atoms with Gasteiger partial charge in [-0.15, -0.1) is 0 Å². The number of aromatic nitrogens is 2. The van der Waals surface area contributed by atoms with E-state index in [1.54, 1.807) is 6.20 Å². The lowest BCUT2D eigenvalue weighted by atomic mass is 9.99. The van der Waals surface area contributed by atoms with E-state index in [4.69, 9.17) is 11.6 Å². The molecule has 0 amide bonds. The predicted octanol–water partition coefficient (Wildman–Crippen LogP) is 3.48. The van der Waals surface area contributed by atoms with E-state index >= 15 is 0 Å². The van der Waals surface area contributed by atoms with Gasteiger partial charge in [0.1, 0.15) is 5.82 Å². The Hall–Kier alpha value is -1.09. The molecule has 0 aliphatic carbocycles. The maximum atomic E-state index is 13.4. The van der Waals surface area contributed by atoms with Crippen LogP contribution >= 0.6 is 11.6 Å². The number of nitrogens with one attached hydrogen (secondary N) is 1. The van der Waals surface area contributed by atoms with Crippen LogP contribution in [0.2, 0.25) is 5.02 Å². The maximum Gasteiger partial charge on any atom is 0.144 e. The summed E-state index contributed by atoms with van der Waals surface area (Å²) >= 11 is 5.91. The quantitative estimate of drug-likeness (QED) is 0.770. The van der Waals surface area contributed by atoms with E-state index in [1.807, 2.05) is 13.8 Å². The van der Waals surface area contributed by atoms with E-state index in [9.17, 15) is 4.39 Å². The Morgan fingerprint density at radius 3 is 2.86 bits per heavy atom. The van der Waals surface area contributed by atoms with Crippen molar-refractivity contribution in [3.63, 3.8) is 0 Å². The number of fused-ring (bicyclic) bond motifs is 1. The molecule has 0 aliphatic rings. The highest BCUT2D eigenvalue weighted by Crippen LogP contribution is 2.33. The van der Waals surface area contributed by atoms with Gasteiger partial charge < -0.3 is 0 Å². The van der Waals surface area contributed by atoms with Gasteiger partial charge in [-0.25, -0.2) is 4.39 Å². The second kappa shape index (κ2) is 3.24. The van der Waals surface area contributed by atoms with Crippen molar-refractivity contribution >= 4 is 22.5 Å². The third-order valence-electron chi connectivity index (χ3n) is 2.25. The summed E-state index contributed by atoms with van der Waals surface area (Å²) in [5, 5.41) is 7.71. The highest BCUT2D eigenvalue weighted by atomic mass is 35.5. The van der Waals surface area contributed by atoms with Crippen molar-refractivity contribution in [1.82, 2.24) is 10.2 Å². The van der Waals surface area contributed by atoms with Gasteiger partial charge in [0, 0.05) is 11.5 Å². The van der Waals surface area contributed by atoms with E-state index in [0.29, 0.717) is 5.52 Å². The van der Waals surface area contributed by atoms with Crippen molar-refractivity contribution in [2.45, 2.75) is 19.8 Å². The molecule has 2 nitrogen and oxygen atoms in total. The zero-order valence-electron chi connectivity index (χ0n) is 7.94. The van der Waals surface area contributed by atoms with Crippen LogP contribution in [-0.4, -0.2) is 10.2 Å². The summed E-state index contributed by atoms with van der Waals surface area (Å²) in [5.74, 6) is -0.217. The lowest BCUT2D eigenvalue weighted by molar-refractivity contribution is 0.626. The van der Waals surface area contributed by atoms with E-state index in [0.717, 1.165) is 10.9 Å². The van der Waals surface area contributed by atoms with Gasteiger partial charge in [0.25, 0.3) is 0 Å². The number of benzene rings is 1. The van der Waals surface area contributed by atoms with Crippen LogP contribution in [-0.2, 0) is 0 Å². The van der Waals surface area contributed by atoms with Gasteiger partial charge in [-0.2, -0.15) is 5.10 Å². The van der Waals surface area contributed by atoms with Gasteiger partial charge in [0.15, 0.2) is 0 Å². The zero-order chi connectivity index (χ0) is 10.3. The standard InChI is InChI=1S/C10H10ClFN2/c1-5(2)9-6-4-13-14-8(6)3-7(12)10(9)11/h3-5H,1-2H3,(H,13,14). The molecule has 1 N–H and O–H groups in total. The van der Waals surface area contributed by atoms with E-state index < -0.39 is 5.82 Å². The number of H-pyrrole nitrogens is 1. The lowest BCUT2D eigenvalue weighted by Gasteiger charge is -2.09. The van der Waals surface area contributed by atoms with Gasteiger partial charge in [0.05, 0.1) is 16.7 Å². The molecule has 0 atom stereocenters. The number of hydrogen-bond acceptors (Lipinski definition) is 1. The van der Waals surface area contributed by atoms with Crippen LogP contribution in [0.1, 0.15) is 25.3 Å². The van der Waals surface area contributed by atoms with Gasteiger partial charge in [-0.3, -0.25) is 5.10 Å². The molecule has 1 aromatic carbocycles. The Morgan fingerprint density at radius 2 is 2.21 bits per heavy atom. The molecule has 14 heavy (non-hydrogen) atoms. The summed E-state index contributed by atoms with van der Waals surface area (Å²) < 4.78 is 13.4. The Morgan fingerprint density at radius 1 is 1.50 bits per heavy atom. The van der Waals surface area contributed by atoms with Crippen molar-refractivity contribution in [2.24, 2.45) is 0 Å². The largest absolute Gasteiger partial charge is 0.278 e. The summed E-state index contributed by atoms with van der Waals surface area (Å²) in [6.07, 6.45) is 1.68. The minimum atomic E-state index is -0.396. The average molecular weight is 213 g/mol. The first-order valence-electron chi connectivity index (χ1n) is 4.42. The van der Waals surface area contributed by atoms with E-state index in [1.165, 1.54) is 6.07 Å². The molecular formula is C10H10ClFN2. The highest BCUT2D eigenvalue weighted by Gasteiger charge is 2.15. The van der Waals surface area contributed by atoms with Crippen molar-refractivity contribution < 1.29 is 4.39 Å². The van der Waals surface area contributed by atoms with Gasteiger partial charge in [-0.1, -0.05) is 25.4 Å². The number of halogens is 2. The van der Waals surface area contributed by atoms with Crippen LogP contribution in [0.15, 0.2) is 12.3 Å². The molecule has 74 valence electrons. The SMILES string of the molecule is CC(C)c1c(Cl)c(F)cc2[nH]ncc12. The molecular weight excluding hydrogens is 203 g/mol. The molecule has 1 aromatic heterocycles. The smallest absolute Gasteiger partial charge is 0.144 e. The Kier molecular flexibility index (Phi) is 2.19. The molecule has 0 saturated carbocycles. The summed E-state index contributed by atoms with van der Waals surface area (Å²) in [7, 11) is 0. The molecule has 0 spiro atoms. The molecule has 0 bridgehead atoms. The van der Waals surface area contributed by atoms with Crippen LogP contribution in [0.5, 0.6) is 0 Å². The third kappa shape index (κ3) is 1.28. The van der Waals surface area contributed by atoms with Crippen molar-refractivity contribution in [1.29, 1.82) is 0 Å². The fourth-order valence-electron chi connectivity index (χ4n) is 1.62. The summed E-state index contributed by atoms with van der Waals surface area (Å²) in [5.41, 5.74) is 1.51. The van der Waals surface area contributed by atoms with Gasteiger partial charge >= 0.3 is 0 Å². The number of rotatable bonds is 1. The normalized spacial score (nSPS) is 11.5. The summed E-state index contributed by atoms with van der Waals surface area (Å²) in [4.78, 5) is 0. The molecule has 0 saturated heterocycles. The zero-order valence-corrected chi connectivity index (χ0v) is 8.69. The molecule has 0 unspecified atom stereocenters. The maximum absolute atomic E-state index is 13.4. The Bertz CT molecular complexity index is 476. The third-order valence-corrected chi connectivity index (χ3v) is 2.64. The summed E-state index contributed by atoms with van der Waals surface area (Å²) in [6, 6.07) is 1.37. The van der Waals surface area contributed by atoms with E-state index in [2.05, 4.69) is 10.2 Å². The number of nitrogens with zero attached hydrogens (tertiary/aromatic N) is 1. The molecule has 0 radical (unpaired) electrons. The van der Waals surface area contributed by atoms with Crippen molar-refractivity contribution in [3.8, 4) is 0 Å². The number of aromatic amines is 1. The van der Waals surface area contributed by atoms with Crippen LogP contribution in [0.25, 0.3) is 10.9 Å². The molecule has 2 rings (SSSR count). The Labute approximate surface area is 86.1 Å². The first-order valence-corrected chi connectivity index (χ1v) is 4.80.